The van der Waals surface area contributed by atoms with Crippen LogP contribution in [0, 0.1) is 0 Å². The Balaban J connectivity index is 2.03. The van der Waals surface area contributed by atoms with Crippen LogP contribution in [0.2, 0.25) is 0 Å². The van der Waals surface area contributed by atoms with Crippen molar-refractivity contribution in [2.45, 2.75) is 38.3 Å². The van der Waals surface area contributed by atoms with E-state index in [4.69, 9.17) is 4.74 Å². The minimum Gasteiger partial charge on any atom is -0.450 e. The van der Waals surface area contributed by atoms with E-state index >= 15 is 0 Å². The van der Waals surface area contributed by atoms with Crippen LogP contribution in [-0.2, 0) is 14.6 Å². The Morgan fingerprint density at radius 2 is 1.95 bits per heavy atom. The highest BCUT2D eigenvalue weighted by atomic mass is 32.2. The van der Waals surface area contributed by atoms with E-state index in [-0.39, 0.29) is 23.6 Å². The van der Waals surface area contributed by atoms with Gasteiger partial charge >= 0.3 is 6.09 Å². The molecule has 110 valence electrons. The molecule has 2 rings (SSSR count). The monoisotopic (exact) mass is 290 g/mol. The van der Waals surface area contributed by atoms with Crippen molar-refractivity contribution < 1.29 is 17.9 Å². The van der Waals surface area contributed by atoms with Crippen LogP contribution in [0.3, 0.4) is 0 Å². The molecule has 7 heteroatoms. The Hall–Kier alpha value is -0.820. The van der Waals surface area contributed by atoms with E-state index in [1.165, 1.54) is 6.42 Å². The zero-order valence-electron chi connectivity index (χ0n) is 11.3. The average Bonchev–Trinajstić information content (AvgIpc) is 2.66. The van der Waals surface area contributed by atoms with Gasteiger partial charge < -0.3 is 10.1 Å². The van der Waals surface area contributed by atoms with E-state index in [1.807, 2.05) is 0 Å². The van der Waals surface area contributed by atoms with Gasteiger partial charge in [0.15, 0.2) is 9.84 Å². The molecular weight excluding hydrogens is 268 g/mol. The van der Waals surface area contributed by atoms with E-state index in [1.54, 1.807) is 6.92 Å². The molecule has 0 radical (unpaired) electrons. The summed E-state index contributed by atoms with van der Waals surface area (Å²) in [6.45, 7) is 3.86. The molecule has 0 aromatic rings. The molecule has 0 spiro atoms. The van der Waals surface area contributed by atoms with Crippen LogP contribution in [0.1, 0.15) is 26.2 Å². The van der Waals surface area contributed by atoms with Crippen molar-refractivity contribution in [1.82, 2.24) is 10.2 Å². The number of nitrogens with one attached hydrogen (secondary N) is 1. The Morgan fingerprint density at radius 1 is 1.26 bits per heavy atom. The second-order valence-corrected chi connectivity index (χ2v) is 7.37. The van der Waals surface area contributed by atoms with E-state index in [0.717, 1.165) is 25.9 Å². The van der Waals surface area contributed by atoms with Gasteiger partial charge in [0.25, 0.3) is 0 Å². The quantitative estimate of drug-likeness (QED) is 0.813. The maximum Gasteiger partial charge on any atom is 0.407 e. The SMILES string of the molecule is CCOC(=O)N[C@H]1CS(=O)(=O)C[C@@H]1N1CCCCC1. The number of alkyl carbamates (subject to hydrolysis) is 1. The number of sulfone groups is 1. The fraction of sp³-hybridized carbons (Fsp3) is 0.917. The van der Waals surface area contributed by atoms with Crippen LogP contribution in [0.5, 0.6) is 0 Å². The van der Waals surface area contributed by atoms with Gasteiger partial charge in [-0.2, -0.15) is 0 Å². The number of carbonyl (C=O) groups is 1. The van der Waals surface area contributed by atoms with Gasteiger partial charge in [0.05, 0.1) is 24.2 Å². The minimum atomic E-state index is -3.07. The molecule has 2 heterocycles. The lowest BCUT2D eigenvalue weighted by atomic mass is 10.1. The number of hydrogen-bond acceptors (Lipinski definition) is 5. The highest BCUT2D eigenvalue weighted by molar-refractivity contribution is 7.91. The predicted octanol–water partition coefficient (Wildman–Crippen LogP) is 0.384. The molecule has 1 N–H and O–H groups in total. The molecule has 6 nitrogen and oxygen atoms in total. The second kappa shape index (κ2) is 6.09. The smallest absolute Gasteiger partial charge is 0.407 e. The third-order valence-electron chi connectivity index (χ3n) is 3.76. The standard InChI is InChI=1S/C12H22N2O4S/c1-2-18-12(15)13-10-8-19(16,17)9-11(10)14-6-4-3-5-7-14/h10-11H,2-9H2,1H3,(H,13,15)/t10-,11-/m0/s1. The first-order chi connectivity index (χ1) is 9.02. The summed E-state index contributed by atoms with van der Waals surface area (Å²) in [5.74, 6) is 0.164. The van der Waals surface area contributed by atoms with Gasteiger partial charge in [0, 0.05) is 6.04 Å². The molecule has 19 heavy (non-hydrogen) atoms. The van der Waals surface area contributed by atoms with E-state index in [2.05, 4.69) is 10.2 Å². The summed E-state index contributed by atoms with van der Waals surface area (Å²) in [5.41, 5.74) is 0. The first kappa shape index (κ1) is 14.6. The maximum atomic E-state index is 11.8. The van der Waals surface area contributed by atoms with Crippen molar-refractivity contribution in [3.63, 3.8) is 0 Å². The van der Waals surface area contributed by atoms with Gasteiger partial charge in [-0.15, -0.1) is 0 Å². The Bertz CT molecular complexity index is 417. The zero-order valence-corrected chi connectivity index (χ0v) is 12.1. The highest BCUT2D eigenvalue weighted by Gasteiger charge is 2.42. The van der Waals surface area contributed by atoms with Crippen molar-refractivity contribution >= 4 is 15.9 Å². The molecule has 2 fully saturated rings. The Kier molecular flexibility index (Phi) is 4.67. The lowest BCUT2D eigenvalue weighted by Gasteiger charge is -2.34. The van der Waals surface area contributed by atoms with Crippen molar-refractivity contribution in [1.29, 1.82) is 0 Å². The Morgan fingerprint density at radius 3 is 2.58 bits per heavy atom. The first-order valence-corrected chi connectivity index (χ1v) is 8.72. The molecule has 0 unspecified atom stereocenters. The fourth-order valence-electron chi connectivity index (χ4n) is 2.90. The average molecular weight is 290 g/mol. The van der Waals surface area contributed by atoms with Crippen LogP contribution in [0.4, 0.5) is 4.79 Å². The lowest BCUT2D eigenvalue weighted by Crippen LogP contribution is -2.52. The number of nitrogens with zero attached hydrogens (tertiary/aromatic N) is 1. The van der Waals surface area contributed by atoms with Crippen LogP contribution in [0.15, 0.2) is 0 Å². The third kappa shape index (κ3) is 3.82. The van der Waals surface area contributed by atoms with Gasteiger partial charge in [0.2, 0.25) is 0 Å². The van der Waals surface area contributed by atoms with E-state index < -0.39 is 15.9 Å². The number of piperidine rings is 1. The van der Waals surface area contributed by atoms with Crippen molar-refractivity contribution in [2.75, 3.05) is 31.2 Å². The molecule has 0 aliphatic carbocycles. The van der Waals surface area contributed by atoms with Crippen LogP contribution in [0.25, 0.3) is 0 Å². The van der Waals surface area contributed by atoms with Crippen molar-refractivity contribution in [3.05, 3.63) is 0 Å². The van der Waals surface area contributed by atoms with Gasteiger partial charge in [-0.3, -0.25) is 4.90 Å². The molecule has 2 aliphatic heterocycles. The molecule has 0 bridgehead atoms. The molecule has 0 saturated carbocycles. The van der Waals surface area contributed by atoms with Crippen molar-refractivity contribution in [2.24, 2.45) is 0 Å². The summed E-state index contributed by atoms with van der Waals surface area (Å²) in [6, 6.07) is -0.447. The molecule has 0 aromatic carbocycles. The van der Waals surface area contributed by atoms with Gasteiger partial charge in [-0.05, 0) is 32.9 Å². The number of likely N-dealkylation sites (tertiary alicyclic amines) is 1. The van der Waals surface area contributed by atoms with Gasteiger partial charge in [-0.25, -0.2) is 13.2 Å². The minimum absolute atomic E-state index is 0.0208. The fourth-order valence-corrected chi connectivity index (χ4v) is 4.85. The second-order valence-electron chi connectivity index (χ2n) is 5.21. The summed E-state index contributed by atoms with van der Waals surface area (Å²) in [4.78, 5) is 13.7. The number of rotatable bonds is 3. The molecule has 1 amide bonds. The predicted molar refractivity (Wildman–Crippen MR) is 71.8 cm³/mol. The topological polar surface area (TPSA) is 75.7 Å². The number of carbonyl (C=O) groups excluding carboxylic acids is 1. The lowest BCUT2D eigenvalue weighted by molar-refractivity contribution is 0.128. The van der Waals surface area contributed by atoms with Crippen LogP contribution in [-0.4, -0.2) is 62.7 Å². The normalized spacial score (nSPS) is 31.0. The third-order valence-corrected chi connectivity index (χ3v) is 5.48. The molecule has 0 aromatic heterocycles. The number of hydrogen-bond donors (Lipinski definition) is 1. The summed E-state index contributed by atoms with van der Waals surface area (Å²) >= 11 is 0. The summed E-state index contributed by atoms with van der Waals surface area (Å²) in [7, 11) is -3.07. The molecular formula is C12H22N2O4S. The van der Waals surface area contributed by atoms with Crippen LogP contribution < -0.4 is 5.32 Å². The summed E-state index contributed by atoms with van der Waals surface area (Å²) in [5, 5.41) is 2.70. The number of amides is 1. The first-order valence-electron chi connectivity index (χ1n) is 6.89. The van der Waals surface area contributed by atoms with Crippen molar-refractivity contribution in [3.8, 4) is 0 Å². The maximum absolute atomic E-state index is 11.8. The molecule has 2 atom stereocenters. The Labute approximate surface area is 114 Å². The van der Waals surface area contributed by atoms with E-state index in [0.29, 0.717) is 6.61 Å². The largest absolute Gasteiger partial charge is 0.450 e. The van der Waals surface area contributed by atoms with Crippen LogP contribution >= 0.6 is 0 Å². The van der Waals surface area contributed by atoms with Gasteiger partial charge in [0.1, 0.15) is 0 Å². The highest BCUT2D eigenvalue weighted by Crippen LogP contribution is 2.22. The zero-order chi connectivity index (χ0) is 13.9. The molecule has 2 aliphatic rings. The van der Waals surface area contributed by atoms with Gasteiger partial charge in [-0.1, -0.05) is 6.42 Å². The summed E-state index contributed by atoms with van der Waals surface area (Å²) < 4.78 is 28.5. The number of ether oxygens (including phenoxy) is 1. The van der Waals surface area contributed by atoms with E-state index in [9.17, 15) is 13.2 Å². The molecule has 2 saturated heterocycles. The summed E-state index contributed by atoms with van der Waals surface area (Å²) in [6.07, 6.45) is 2.88.